The Hall–Kier alpha value is -1.81. The molecule has 5 heteroatoms. The Bertz CT molecular complexity index is 704. The smallest absolute Gasteiger partial charge is 0.150 e. The number of halogens is 2. The number of hydrogen-bond acceptors (Lipinski definition) is 3. The van der Waals surface area contributed by atoms with Crippen LogP contribution in [-0.2, 0) is 6.67 Å². The molecular weight excluding hydrogens is 289 g/mol. The van der Waals surface area contributed by atoms with Crippen LogP contribution in [0.5, 0.6) is 0 Å². The van der Waals surface area contributed by atoms with Crippen molar-refractivity contribution in [1.82, 2.24) is 4.98 Å². The van der Waals surface area contributed by atoms with Crippen LogP contribution < -0.4 is 10.2 Å². The summed E-state index contributed by atoms with van der Waals surface area (Å²) < 4.78 is 12.8. The maximum Gasteiger partial charge on any atom is 0.150 e. The van der Waals surface area contributed by atoms with Crippen LogP contribution in [0.3, 0.4) is 0 Å². The summed E-state index contributed by atoms with van der Waals surface area (Å²) in [6.45, 7) is 1.57. The molecule has 2 aromatic rings. The molecule has 2 aliphatic rings. The van der Waals surface area contributed by atoms with Crippen LogP contribution in [0.2, 0.25) is 5.02 Å². The Balaban J connectivity index is 1.81. The third-order valence-corrected chi connectivity index (χ3v) is 4.47. The summed E-state index contributed by atoms with van der Waals surface area (Å²) in [5.41, 5.74) is 3.27. The van der Waals surface area contributed by atoms with E-state index in [0.717, 1.165) is 36.6 Å². The molecule has 0 aliphatic carbocycles. The van der Waals surface area contributed by atoms with Gasteiger partial charge in [-0.25, -0.2) is 9.37 Å². The highest BCUT2D eigenvalue weighted by Crippen LogP contribution is 2.39. The molecule has 2 aliphatic heterocycles. The van der Waals surface area contributed by atoms with Gasteiger partial charge in [0.2, 0.25) is 0 Å². The predicted octanol–water partition coefficient (Wildman–Crippen LogP) is 3.88. The van der Waals surface area contributed by atoms with Crippen LogP contribution in [-0.4, -0.2) is 24.1 Å². The zero-order chi connectivity index (χ0) is 14.4. The molecular formula is C16H15ClFN3. The minimum absolute atomic E-state index is 0.469. The maximum absolute atomic E-state index is 12.8. The summed E-state index contributed by atoms with van der Waals surface area (Å²) in [6, 6.07) is 9.75. The van der Waals surface area contributed by atoms with E-state index in [9.17, 15) is 4.39 Å². The first-order valence-electron chi connectivity index (χ1n) is 7.12. The molecule has 3 heterocycles. The number of benzene rings is 1. The molecule has 3 nitrogen and oxygen atoms in total. The molecule has 108 valence electrons. The van der Waals surface area contributed by atoms with Crippen LogP contribution in [0.4, 0.5) is 15.9 Å². The molecule has 1 aromatic heterocycles. The normalized spacial score (nSPS) is 19.3. The number of rotatable bonds is 2. The lowest BCUT2D eigenvalue weighted by molar-refractivity contribution is 0.485. The van der Waals surface area contributed by atoms with Crippen molar-refractivity contribution in [2.45, 2.75) is 19.1 Å². The summed E-state index contributed by atoms with van der Waals surface area (Å²) in [4.78, 5) is 7.01. The van der Waals surface area contributed by atoms with Gasteiger partial charge in [-0.3, -0.25) is 0 Å². The first-order valence-corrected chi connectivity index (χ1v) is 7.49. The molecule has 1 N–H and O–H groups in total. The fourth-order valence-corrected chi connectivity index (χ4v) is 3.38. The molecule has 4 rings (SSSR count). The van der Waals surface area contributed by atoms with Gasteiger partial charge in [-0.15, -0.1) is 0 Å². The minimum atomic E-state index is -0.482. The Morgan fingerprint density at radius 3 is 3.14 bits per heavy atom. The molecule has 0 saturated carbocycles. The van der Waals surface area contributed by atoms with Gasteiger partial charge in [0, 0.05) is 24.7 Å². The standard InChI is InChI=1S/C16H15ClFN3/c17-13-7-14-16(19-12-4-5-21(14)9-12)20-15(13)11-3-1-2-10(6-11)8-18/h1-3,6-7,12H,4-5,8-9H2,(H,19,20). The highest BCUT2D eigenvalue weighted by Gasteiger charge is 2.31. The summed E-state index contributed by atoms with van der Waals surface area (Å²) in [5, 5.41) is 4.08. The van der Waals surface area contributed by atoms with Gasteiger partial charge < -0.3 is 10.2 Å². The van der Waals surface area contributed by atoms with Crippen LogP contribution in [0.25, 0.3) is 11.3 Å². The number of aromatic nitrogens is 1. The molecule has 1 saturated heterocycles. The van der Waals surface area contributed by atoms with Crippen LogP contribution in [0.15, 0.2) is 30.3 Å². The largest absolute Gasteiger partial charge is 0.366 e. The zero-order valence-corrected chi connectivity index (χ0v) is 12.2. The second kappa shape index (κ2) is 4.88. The molecule has 0 radical (unpaired) electrons. The monoisotopic (exact) mass is 303 g/mol. The predicted molar refractivity (Wildman–Crippen MR) is 83.7 cm³/mol. The van der Waals surface area contributed by atoms with Crippen molar-refractivity contribution in [2.24, 2.45) is 0 Å². The second-order valence-corrected chi connectivity index (χ2v) is 6.00. The number of pyridine rings is 1. The van der Waals surface area contributed by atoms with Crippen molar-refractivity contribution >= 4 is 23.1 Å². The minimum Gasteiger partial charge on any atom is -0.366 e. The Labute approximate surface area is 127 Å². The third kappa shape index (κ3) is 2.14. The fraction of sp³-hybridized carbons (Fsp3) is 0.312. The Morgan fingerprint density at radius 1 is 1.38 bits per heavy atom. The van der Waals surface area contributed by atoms with Crippen molar-refractivity contribution in [1.29, 1.82) is 0 Å². The van der Waals surface area contributed by atoms with E-state index >= 15 is 0 Å². The number of anilines is 2. The first kappa shape index (κ1) is 12.9. The number of nitrogens with one attached hydrogen (secondary N) is 1. The average molecular weight is 304 g/mol. The van der Waals surface area contributed by atoms with E-state index in [1.807, 2.05) is 18.2 Å². The quantitative estimate of drug-likeness (QED) is 0.912. The van der Waals surface area contributed by atoms with Crippen molar-refractivity contribution in [3.05, 3.63) is 40.9 Å². The number of hydrogen-bond donors (Lipinski definition) is 1. The van der Waals surface area contributed by atoms with Crippen molar-refractivity contribution < 1.29 is 4.39 Å². The molecule has 1 unspecified atom stereocenters. The molecule has 2 bridgehead atoms. The first-order chi connectivity index (χ1) is 10.2. The van der Waals surface area contributed by atoms with Gasteiger partial charge in [0.25, 0.3) is 0 Å². The zero-order valence-electron chi connectivity index (χ0n) is 11.4. The highest BCUT2D eigenvalue weighted by atomic mass is 35.5. The SMILES string of the molecule is FCc1cccc(-c2nc3c(cc2Cl)N2CCC(C2)N3)c1. The van der Waals surface area contributed by atoms with Crippen LogP contribution in [0, 0.1) is 0 Å². The van der Waals surface area contributed by atoms with E-state index in [1.54, 1.807) is 12.1 Å². The summed E-state index contributed by atoms with van der Waals surface area (Å²) in [6.07, 6.45) is 1.13. The topological polar surface area (TPSA) is 28.2 Å². The van der Waals surface area contributed by atoms with Crippen molar-refractivity contribution in [3.63, 3.8) is 0 Å². The summed E-state index contributed by atoms with van der Waals surface area (Å²) in [7, 11) is 0. The molecule has 0 spiro atoms. The van der Waals surface area contributed by atoms with Crippen LogP contribution in [0.1, 0.15) is 12.0 Å². The van der Waals surface area contributed by atoms with E-state index in [-0.39, 0.29) is 0 Å². The van der Waals surface area contributed by atoms with Gasteiger partial charge in [-0.2, -0.15) is 0 Å². The third-order valence-electron chi connectivity index (χ3n) is 4.18. The molecule has 1 fully saturated rings. The lowest BCUT2D eigenvalue weighted by Gasteiger charge is -2.28. The van der Waals surface area contributed by atoms with Gasteiger partial charge in [0.1, 0.15) is 6.67 Å². The van der Waals surface area contributed by atoms with Gasteiger partial charge >= 0.3 is 0 Å². The van der Waals surface area contributed by atoms with Crippen LogP contribution >= 0.6 is 11.6 Å². The lowest BCUT2D eigenvalue weighted by atomic mass is 10.1. The molecule has 1 aromatic carbocycles. The van der Waals surface area contributed by atoms with Crippen molar-refractivity contribution in [2.75, 3.05) is 23.3 Å². The summed E-state index contributed by atoms with van der Waals surface area (Å²) in [5.74, 6) is 0.883. The van der Waals surface area contributed by atoms with Gasteiger partial charge in [0.15, 0.2) is 5.82 Å². The molecule has 21 heavy (non-hydrogen) atoms. The maximum atomic E-state index is 12.8. The molecule has 1 atom stereocenters. The Morgan fingerprint density at radius 2 is 2.29 bits per heavy atom. The van der Waals surface area contributed by atoms with E-state index in [2.05, 4.69) is 10.2 Å². The van der Waals surface area contributed by atoms with E-state index in [0.29, 0.717) is 22.3 Å². The highest BCUT2D eigenvalue weighted by molar-refractivity contribution is 6.33. The van der Waals surface area contributed by atoms with E-state index in [1.165, 1.54) is 0 Å². The number of alkyl halides is 1. The fourth-order valence-electron chi connectivity index (χ4n) is 3.12. The van der Waals surface area contributed by atoms with Gasteiger partial charge in [-0.1, -0.05) is 29.8 Å². The van der Waals surface area contributed by atoms with Gasteiger partial charge in [0.05, 0.1) is 16.4 Å². The Kier molecular flexibility index (Phi) is 3.00. The van der Waals surface area contributed by atoms with E-state index in [4.69, 9.17) is 16.6 Å². The van der Waals surface area contributed by atoms with E-state index < -0.39 is 6.67 Å². The molecule has 0 amide bonds. The second-order valence-electron chi connectivity index (χ2n) is 5.60. The summed E-state index contributed by atoms with van der Waals surface area (Å²) >= 11 is 6.42. The lowest BCUT2D eigenvalue weighted by Crippen LogP contribution is -2.32. The van der Waals surface area contributed by atoms with Gasteiger partial charge in [-0.05, 0) is 24.1 Å². The average Bonchev–Trinajstić information content (AvgIpc) is 2.91. The number of fused-ring (bicyclic) bond motifs is 4. The van der Waals surface area contributed by atoms with Crippen molar-refractivity contribution in [3.8, 4) is 11.3 Å². The number of nitrogens with zero attached hydrogens (tertiary/aromatic N) is 2.